The summed E-state index contributed by atoms with van der Waals surface area (Å²) in [7, 11) is 0. The highest BCUT2D eigenvalue weighted by molar-refractivity contribution is 6.31. The molecule has 0 bridgehead atoms. The summed E-state index contributed by atoms with van der Waals surface area (Å²) in [6.45, 7) is 2.60. The molecule has 0 aromatic carbocycles. The van der Waals surface area contributed by atoms with Crippen LogP contribution in [0.5, 0.6) is 0 Å². The van der Waals surface area contributed by atoms with E-state index in [0.717, 1.165) is 6.92 Å². The van der Waals surface area contributed by atoms with Crippen molar-refractivity contribution < 1.29 is 44.4 Å². The quantitative estimate of drug-likeness (QED) is 0.509. The van der Waals surface area contributed by atoms with Crippen molar-refractivity contribution in [2.75, 3.05) is 0 Å². The molecule has 0 aliphatic carbocycles. The largest absolute Gasteiger partial charge is 0.481 e. The van der Waals surface area contributed by atoms with Crippen molar-refractivity contribution in [1.29, 1.82) is 0 Å². The highest BCUT2D eigenvalue weighted by Gasteiger charge is 2.00. The Hall–Kier alpha value is -2.45. The predicted molar refractivity (Wildman–Crippen MR) is 60.7 cm³/mol. The Kier molecular flexibility index (Phi) is 15.6. The molecule has 0 radical (unpaired) electrons. The SMILES string of the molecule is CC(=O)C(=O)O.CCC(=O)O.O=C(O)CCC(=O)O. The maximum absolute atomic E-state index is 9.64. The fourth-order valence-electron chi connectivity index (χ4n) is 0.214. The first kappa shape index (κ1) is 21.8. The highest BCUT2D eigenvalue weighted by atomic mass is 16.4. The lowest BCUT2D eigenvalue weighted by Crippen LogP contribution is -2.05. The van der Waals surface area contributed by atoms with Gasteiger partial charge in [-0.25, -0.2) is 4.79 Å². The predicted octanol–water partition coefficient (Wildman–Crippen LogP) is 0.0768. The topological polar surface area (TPSA) is 166 Å². The van der Waals surface area contributed by atoms with Gasteiger partial charge in [0.2, 0.25) is 5.78 Å². The van der Waals surface area contributed by atoms with Crippen LogP contribution in [0.3, 0.4) is 0 Å². The van der Waals surface area contributed by atoms with E-state index in [2.05, 4.69) is 0 Å². The Morgan fingerprint density at radius 3 is 1.00 bits per heavy atom. The lowest BCUT2D eigenvalue weighted by Gasteiger charge is -1.85. The minimum absolute atomic E-state index is 0.222. The molecule has 0 heterocycles. The van der Waals surface area contributed by atoms with Crippen molar-refractivity contribution in [2.24, 2.45) is 0 Å². The molecule has 0 aliphatic rings. The van der Waals surface area contributed by atoms with E-state index in [0.29, 0.717) is 0 Å². The monoisotopic (exact) mass is 280 g/mol. The van der Waals surface area contributed by atoms with Crippen LogP contribution in [0.2, 0.25) is 0 Å². The minimum Gasteiger partial charge on any atom is -0.481 e. The summed E-state index contributed by atoms with van der Waals surface area (Å²) in [4.78, 5) is 47.5. The molecule has 9 heteroatoms. The smallest absolute Gasteiger partial charge is 0.371 e. The molecule has 0 unspecified atom stereocenters. The van der Waals surface area contributed by atoms with E-state index < -0.39 is 29.7 Å². The normalized spacial score (nSPS) is 7.89. The average molecular weight is 280 g/mol. The Labute approximate surface area is 108 Å². The summed E-state index contributed by atoms with van der Waals surface area (Å²) in [5, 5.41) is 31.2. The van der Waals surface area contributed by atoms with Gasteiger partial charge in [0.25, 0.3) is 0 Å². The van der Waals surface area contributed by atoms with Gasteiger partial charge in [0.05, 0.1) is 12.8 Å². The molecule has 0 amide bonds. The lowest BCUT2D eigenvalue weighted by atomic mass is 10.3. The van der Waals surface area contributed by atoms with E-state index >= 15 is 0 Å². The molecule has 110 valence electrons. The van der Waals surface area contributed by atoms with E-state index in [1.807, 2.05) is 0 Å². The molecular formula is C10H16O9. The molecule has 19 heavy (non-hydrogen) atoms. The molecule has 0 aromatic rings. The zero-order valence-corrected chi connectivity index (χ0v) is 10.5. The summed E-state index contributed by atoms with van der Waals surface area (Å²) in [5.41, 5.74) is 0. The van der Waals surface area contributed by atoms with Gasteiger partial charge in [-0.15, -0.1) is 0 Å². The van der Waals surface area contributed by atoms with Crippen LogP contribution in [0.4, 0.5) is 0 Å². The van der Waals surface area contributed by atoms with Gasteiger partial charge in [-0.2, -0.15) is 0 Å². The fourth-order valence-corrected chi connectivity index (χ4v) is 0.214. The molecule has 0 saturated carbocycles. The van der Waals surface area contributed by atoms with Gasteiger partial charge in [-0.05, 0) is 0 Å². The van der Waals surface area contributed by atoms with Gasteiger partial charge in [-0.3, -0.25) is 19.2 Å². The van der Waals surface area contributed by atoms with Gasteiger partial charge in [0.15, 0.2) is 0 Å². The van der Waals surface area contributed by atoms with E-state index in [9.17, 15) is 24.0 Å². The van der Waals surface area contributed by atoms with Crippen molar-refractivity contribution in [2.45, 2.75) is 33.1 Å². The van der Waals surface area contributed by atoms with E-state index in [1.54, 1.807) is 6.92 Å². The highest BCUT2D eigenvalue weighted by Crippen LogP contribution is 1.86. The Morgan fingerprint density at radius 2 is 0.947 bits per heavy atom. The second kappa shape index (κ2) is 13.6. The summed E-state index contributed by atoms with van der Waals surface area (Å²) in [6, 6.07) is 0. The van der Waals surface area contributed by atoms with Crippen LogP contribution in [-0.4, -0.2) is 50.1 Å². The summed E-state index contributed by atoms with van der Waals surface area (Å²) in [5.74, 6) is -5.10. The first-order valence-electron chi connectivity index (χ1n) is 4.93. The maximum atomic E-state index is 9.64. The van der Waals surface area contributed by atoms with Crippen LogP contribution in [0, 0.1) is 0 Å². The minimum atomic E-state index is -1.38. The van der Waals surface area contributed by atoms with E-state index in [1.165, 1.54) is 0 Å². The third kappa shape index (κ3) is 39.1. The number of rotatable bonds is 5. The molecule has 4 N–H and O–H groups in total. The zero-order valence-electron chi connectivity index (χ0n) is 10.5. The van der Waals surface area contributed by atoms with Crippen LogP contribution in [-0.2, 0) is 24.0 Å². The van der Waals surface area contributed by atoms with Gasteiger partial charge >= 0.3 is 23.9 Å². The number of hydrogen-bond donors (Lipinski definition) is 4. The Bertz CT molecular complexity index is 306. The number of ketones is 1. The average Bonchev–Trinajstić information content (AvgIpc) is 2.27. The van der Waals surface area contributed by atoms with Crippen molar-refractivity contribution >= 4 is 29.7 Å². The van der Waals surface area contributed by atoms with E-state index in [4.69, 9.17) is 20.4 Å². The van der Waals surface area contributed by atoms with Crippen molar-refractivity contribution in [3.8, 4) is 0 Å². The van der Waals surface area contributed by atoms with Crippen molar-refractivity contribution in [1.82, 2.24) is 0 Å². The standard InChI is InChI=1S/C4H6O4.C3H4O3.C3H6O2/c5-3(6)1-2-4(7)8;1-2(4)3(5)6;1-2-3(4)5/h1-2H2,(H,5,6)(H,7,8);1H3,(H,5,6);2H2,1H3,(H,4,5). The molecule has 0 aromatic heterocycles. The Morgan fingerprint density at radius 1 is 0.737 bits per heavy atom. The number of aliphatic carboxylic acids is 4. The van der Waals surface area contributed by atoms with Crippen LogP contribution < -0.4 is 0 Å². The number of carbonyl (C=O) groups excluding carboxylic acids is 1. The molecule has 0 spiro atoms. The fraction of sp³-hybridized carbons (Fsp3) is 0.500. The van der Waals surface area contributed by atoms with Crippen molar-refractivity contribution in [3.05, 3.63) is 0 Å². The molecule has 0 saturated heterocycles. The molecule has 0 aliphatic heterocycles. The van der Waals surface area contributed by atoms with Crippen LogP contribution >= 0.6 is 0 Å². The van der Waals surface area contributed by atoms with Gasteiger partial charge in [-0.1, -0.05) is 6.92 Å². The van der Waals surface area contributed by atoms with Gasteiger partial charge in [0.1, 0.15) is 0 Å². The molecule has 9 nitrogen and oxygen atoms in total. The van der Waals surface area contributed by atoms with Crippen LogP contribution in [0.1, 0.15) is 33.1 Å². The molecule has 0 atom stereocenters. The lowest BCUT2D eigenvalue weighted by molar-refractivity contribution is -0.148. The number of Topliss-reactive ketones (excluding diaryl/α,β-unsaturated/α-hetero) is 1. The first-order chi connectivity index (χ1) is 8.54. The first-order valence-corrected chi connectivity index (χ1v) is 4.93. The van der Waals surface area contributed by atoms with Crippen LogP contribution in [0.15, 0.2) is 0 Å². The van der Waals surface area contributed by atoms with Gasteiger partial charge < -0.3 is 20.4 Å². The molecular weight excluding hydrogens is 264 g/mol. The summed E-state index contributed by atoms with van der Waals surface area (Å²) < 4.78 is 0. The van der Waals surface area contributed by atoms with Crippen molar-refractivity contribution in [3.63, 3.8) is 0 Å². The zero-order chi connectivity index (χ0) is 16.0. The third-order valence-corrected chi connectivity index (χ3v) is 1.16. The number of hydrogen-bond acceptors (Lipinski definition) is 5. The number of carbonyl (C=O) groups is 5. The van der Waals surface area contributed by atoms with E-state index in [-0.39, 0.29) is 19.3 Å². The summed E-state index contributed by atoms with van der Waals surface area (Å²) >= 11 is 0. The summed E-state index contributed by atoms with van der Waals surface area (Å²) in [6.07, 6.45) is -0.370. The third-order valence-electron chi connectivity index (χ3n) is 1.16. The van der Waals surface area contributed by atoms with Gasteiger partial charge in [0, 0.05) is 13.3 Å². The molecule has 0 rings (SSSR count). The second-order valence-corrected chi connectivity index (χ2v) is 2.90. The molecule has 0 fully saturated rings. The Balaban J connectivity index is -0.000000209. The van der Waals surface area contributed by atoms with Crippen LogP contribution in [0.25, 0.3) is 0 Å². The maximum Gasteiger partial charge on any atom is 0.371 e. The number of carboxylic acids is 4. The second-order valence-electron chi connectivity index (χ2n) is 2.90. The number of carboxylic acid groups (broad SMARTS) is 4.